The molecule has 0 fully saturated rings. The van der Waals surface area contributed by atoms with Gasteiger partial charge in [-0.3, -0.25) is 9.05 Å². The van der Waals surface area contributed by atoms with Gasteiger partial charge in [0, 0.05) is 11.1 Å². The molecule has 0 aliphatic carbocycles. The van der Waals surface area contributed by atoms with E-state index in [1.54, 1.807) is 0 Å². The lowest BCUT2D eigenvalue weighted by Gasteiger charge is -2.30. The predicted octanol–water partition coefficient (Wildman–Crippen LogP) is 15.5. The average molecular weight is 798 g/mol. The van der Waals surface area contributed by atoms with Crippen LogP contribution in [0.1, 0.15) is 158 Å². The zero-order chi connectivity index (χ0) is 43.2. The molecular weight excluding hydrogens is 728 g/mol. The first-order valence-corrected chi connectivity index (χ1v) is 22.7. The molecule has 0 spiro atoms. The van der Waals surface area contributed by atoms with Crippen LogP contribution in [-0.2, 0) is 32.5 Å². The maximum Gasteiger partial charge on any atom is 0.533 e. The molecule has 0 bridgehead atoms. The van der Waals surface area contributed by atoms with E-state index in [1.807, 2.05) is 24.3 Å². The summed E-state index contributed by atoms with van der Waals surface area (Å²) in [6.45, 7) is 40.6. The molecule has 0 heterocycles. The Kier molecular flexibility index (Phi) is 10.8. The van der Waals surface area contributed by atoms with Gasteiger partial charge in [0.2, 0.25) is 5.30 Å². The lowest BCUT2D eigenvalue weighted by atomic mass is 9.76. The first-order valence-electron chi connectivity index (χ1n) is 21.1. The highest BCUT2D eigenvalue weighted by molar-refractivity contribution is 7.69. The van der Waals surface area contributed by atoms with E-state index in [2.05, 4.69) is 191 Å². The van der Waals surface area contributed by atoms with Crippen LogP contribution in [0.2, 0.25) is 0 Å². The lowest BCUT2D eigenvalue weighted by Crippen LogP contribution is -2.24. The van der Waals surface area contributed by atoms with Crippen molar-refractivity contribution < 1.29 is 13.9 Å². The molecule has 0 saturated carbocycles. The van der Waals surface area contributed by atoms with Crippen LogP contribution in [-0.4, -0.2) is 4.89 Å². The van der Waals surface area contributed by atoms with E-state index in [9.17, 15) is 4.89 Å². The number of hydrogen-bond acceptors (Lipinski definition) is 3. The SMILES string of the molecule is CC(C)(C)c1cc(C(C)(C)C)c2cc(O[P+](O)(Oc3cc4c(C(C)(C)C)cc(C(C)(C)C)cc4cc3C(C)(C)C)c3ccc4ccccc4c3)c(C(C)(C)C)cc2c1. The van der Waals surface area contributed by atoms with Gasteiger partial charge in [0.25, 0.3) is 0 Å². The average Bonchev–Trinajstić information content (AvgIpc) is 3.07. The van der Waals surface area contributed by atoms with Crippen LogP contribution in [0.3, 0.4) is 0 Å². The van der Waals surface area contributed by atoms with Crippen molar-refractivity contribution in [1.29, 1.82) is 0 Å². The van der Waals surface area contributed by atoms with E-state index in [0.29, 0.717) is 16.8 Å². The lowest BCUT2D eigenvalue weighted by molar-refractivity contribution is 0.353. The van der Waals surface area contributed by atoms with E-state index >= 15 is 0 Å². The Bertz CT molecular complexity index is 2380. The summed E-state index contributed by atoms with van der Waals surface area (Å²) in [7, 11) is -3.90. The number of fused-ring (bicyclic) bond motifs is 3. The highest BCUT2D eigenvalue weighted by atomic mass is 31.2. The van der Waals surface area contributed by atoms with Crippen molar-refractivity contribution in [3.63, 3.8) is 0 Å². The van der Waals surface area contributed by atoms with Gasteiger partial charge in [-0.15, -0.1) is 0 Å². The summed E-state index contributed by atoms with van der Waals surface area (Å²) in [6.07, 6.45) is 0. The molecule has 3 nitrogen and oxygen atoms in total. The van der Waals surface area contributed by atoms with Crippen molar-refractivity contribution >= 4 is 45.6 Å². The maximum atomic E-state index is 13.5. The summed E-state index contributed by atoms with van der Waals surface area (Å²) < 4.78 is 14.5. The molecule has 6 aromatic rings. The normalized spacial score (nSPS) is 13.8. The molecule has 0 aliphatic heterocycles. The van der Waals surface area contributed by atoms with Crippen LogP contribution >= 0.6 is 7.94 Å². The highest BCUT2D eigenvalue weighted by Gasteiger charge is 2.50. The van der Waals surface area contributed by atoms with Crippen LogP contribution in [0.5, 0.6) is 11.5 Å². The Hall–Kier alpha value is -3.91. The molecule has 4 heteroatoms. The topological polar surface area (TPSA) is 38.7 Å². The Balaban J connectivity index is 1.67. The van der Waals surface area contributed by atoms with Crippen LogP contribution in [0.25, 0.3) is 32.3 Å². The smallest absolute Gasteiger partial charge is 0.273 e. The van der Waals surface area contributed by atoms with E-state index in [-0.39, 0.29) is 32.5 Å². The van der Waals surface area contributed by atoms with E-state index in [1.165, 1.54) is 33.0 Å². The first kappa shape index (κ1) is 43.7. The molecule has 0 amide bonds. The Morgan fingerprint density at radius 2 is 0.741 bits per heavy atom. The molecule has 0 saturated heterocycles. The van der Waals surface area contributed by atoms with Gasteiger partial charge in [-0.25, -0.2) is 0 Å². The van der Waals surface area contributed by atoms with Gasteiger partial charge in [0.15, 0.2) is 11.5 Å². The molecule has 6 rings (SSSR count). The van der Waals surface area contributed by atoms with Crippen molar-refractivity contribution in [1.82, 2.24) is 0 Å². The van der Waals surface area contributed by atoms with Crippen molar-refractivity contribution in [2.24, 2.45) is 0 Å². The van der Waals surface area contributed by atoms with Crippen LogP contribution < -0.4 is 14.4 Å². The fourth-order valence-corrected chi connectivity index (χ4v) is 9.61. The molecule has 0 aromatic heterocycles. The summed E-state index contributed by atoms with van der Waals surface area (Å²) >= 11 is 0. The first-order chi connectivity index (χ1) is 26.4. The minimum absolute atomic E-state index is 0.0211. The van der Waals surface area contributed by atoms with Gasteiger partial charge >= 0.3 is 7.94 Å². The van der Waals surface area contributed by atoms with Gasteiger partial charge < -0.3 is 0 Å². The highest BCUT2D eigenvalue weighted by Crippen LogP contribution is 2.59. The number of rotatable bonds is 5. The Labute approximate surface area is 351 Å². The van der Waals surface area contributed by atoms with E-state index in [4.69, 9.17) is 9.05 Å². The predicted molar refractivity (Wildman–Crippen MR) is 254 cm³/mol. The minimum atomic E-state index is -3.90. The van der Waals surface area contributed by atoms with E-state index in [0.717, 1.165) is 32.7 Å². The quantitative estimate of drug-likeness (QED) is 0.177. The fourth-order valence-electron chi connectivity index (χ4n) is 7.96. The number of benzene rings is 6. The Morgan fingerprint density at radius 1 is 0.362 bits per heavy atom. The molecular formula is C54H70O3P+. The fraction of sp³-hybridized carbons (Fsp3) is 0.444. The Morgan fingerprint density at radius 3 is 1.10 bits per heavy atom. The summed E-state index contributed by atoms with van der Waals surface area (Å²) in [5.41, 5.74) is 6.24. The monoisotopic (exact) mass is 798 g/mol. The molecule has 6 aromatic carbocycles. The molecule has 0 atom stereocenters. The molecule has 0 radical (unpaired) electrons. The second-order valence-corrected chi connectivity index (χ2v) is 24.8. The minimum Gasteiger partial charge on any atom is -0.273 e. The third-order valence-electron chi connectivity index (χ3n) is 11.6. The van der Waals surface area contributed by atoms with Crippen LogP contribution in [0.4, 0.5) is 0 Å². The largest absolute Gasteiger partial charge is 0.533 e. The van der Waals surface area contributed by atoms with Crippen molar-refractivity contribution in [3.8, 4) is 11.5 Å². The second-order valence-electron chi connectivity index (χ2n) is 22.9. The number of hydrogen-bond donors (Lipinski definition) is 1. The maximum absolute atomic E-state index is 13.5. The van der Waals surface area contributed by atoms with Crippen molar-refractivity contribution in [3.05, 3.63) is 124 Å². The third kappa shape index (κ3) is 8.83. The summed E-state index contributed by atoms with van der Waals surface area (Å²) in [4.78, 5) is 13.5. The van der Waals surface area contributed by atoms with E-state index < -0.39 is 7.94 Å². The van der Waals surface area contributed by atoms with Gasteiger partial charge in [-0.05, 0) is 123 Å². The van der Waals surface area contributed by atoms with Gasteiger partial charge in [0.05, 0.1) is 0 Å². The molecule has 0 unspecified atom stereocenters. The van der Waals surface area contributed by atoms with Gasteiger partial charge in [-0.2, -0.15) is 4.89 Å². The van der Waals surface area contributed by atoms with Crippen LogP contribution in [0, 0.1) is 0 Å². The van der Waals surface area contributed by atoms with Gasteiger partial charge in [0.1, 0.15) is 0 Å². The molecule has 58 heavy (non-hydrogen) atoms. The molecule has 308 valence electrons. The summed E-state index contributed by atoms with van der Waals surface area (Å²) in [6, 6.07) is 32.7. The zero-order valence-corrected chi connectivity index (χ0v) is 39.8. The summed E-state index contributed by atoms with van der Waals surface area (Å²) in [5, 5.41) is 7.34. The third-order valence-corrected chi connectivity index (χ3v) is 13.4. The summed E-state index contributed by atoms with van der Waals surface area (Å²) in [5.74, 6) is 1.28. The van der Waals surface area contributed by atoms with Crippen molar-refractivity contribution in [2.45, 2.75) is 157 Å². The van der Waals surface area contributed by atoms with Gasteiger partial charge in [-0.1, -0.05) is 179 Å². The standard InChI is InChI=1S/C54H70O3P/c1-49(2,3)38-25-36-28-45(53(13,14)15)47(32-41(36)43(30-38)51(7,8)9)56-58(55,40-24-23-34-21-19-20-22-35(34)27-40)57-48-33-42-37(29-46(48)54(16,17)18)26-39(50(4,5)6)31-44(42)52(10,11)12/h19-33,55H,1-18H3/q+1. The second kappa shape index (κ2) is 14.4. The zero-order valence-electron chi connectivity index (χ0n) is 38.9. The molecule has 1 N–H and O–H groups in total. The van der Waals surface area contributed by atoms with Crippen LogP contribution in [0.15, 0.2) is 91.0 Å². The molecule has 0 aliphatic rings. The van der Waals surface area contributed by atoms with Crippen molar-refractivity contribution in [2.75, 3.05) is 0 Å².